The van der Waals surface area contributed by atoms with Crippen LogP contribution < -0.4 is 22.5 Å². The highest BCUT2D eigenvalue weighted by molar-refractivity contribution is 5.79. The van der Waals surface area contributed by atoms with Crippen molar-refractivity contribution in [2.24, 2.45) is 25.9 Å². The van der Waals surface area contributed by atoms with Crippen molar-refractivity contribution in [3.8, 4) is 0 Å². The Morgan fingerprint density at radius 1 is 0.740 bits per heavy atom. The Balaban J connectivity index is 0.000000197. The number of aliphatic hydroxyl groups is 1. The molecule has 0 radical (unpaired) electrons. The molecule has 0 aliphatic heterocycles. The monoisotopic (exact) mass is 706 g/mol. The number of aromatic nitrogens is 8. The predicted octanol–water partition coefficient (Wildman–Crippen LogP) is 3.20. The lowest BCUT2D eigenvalue weighted by molar-refractivity contribution is -0.272. The molecule has 0 atom stereocenters. The summed E-state index contributed by atoms with van der Waals surface area (Å²) >= 11 is 0. The molecule has 4 aromatic heterocycles. The highest BCUT2D eigenvalue weighted by Gasteiger charge is 2.54. The van der Waals surface area contributed by atoms with Gasteiger partial charge in [-0.3, -0.25) is 32.7 Å². The summed E-state index contributed by atoms with van der Waals surface area (Å²) in [5.74, 6) is 0.187. The van der Waals surface area contributed by atoms with Crippen LogP contribution in [0, 0.1) is 11.8 Å². The summed E-state index contributed by atoms with van der Waals surface area (Å²) in [6, 6.07) is 0.0519. The minimum absolute atomic E-state index is 0.0264. The van der Waals surface area contributed by atoms with Crippen LogP contribution in [-0.2, 0) is 32.0 Å². The molecule has 4 heterocycles. The van der Waals surface area contributed by atoms with Crippen LogP contribution in [0.2, 0.25) is 0 Å². The number of imidazole rings is 2. The minimum atomic E-state index is -4.67. The zero-order chi connectivity index (χ0) is 36.9. The maximum Gasteiger partial charge on any atom is 0.417 e. The Labute approximate surface area is 284 Å². The zero-order valence-corrected chi connectivity index (χ0v) is 29.2. The highest BCUT2D eigenvalue weighted by atomic mass is 19.4. The average molecular weight is 707 g/mol. The van der Waals surface area contributed by atoms with E-state index in [-0.39, 0.29) is 66.0 Å². The fourth-order valence-electron chi connectivity index (χ4n) is 7.00. The fraction of sp³-hybridized carbons (Fsp3) is 0.667. The molecule has 0 unspecified atom stereocenters. The van der Waals surface area contributed by atoms with E-state index in [9.17, 15) is 42.3 Å². The molecule has 14 nitrogen and oxygen atoms in total. The number of hydrogen-bond donors (Lipinski definition) is 1. The van der Waals surface area contributed by atoms with Crippen LogP contribution in [0.4, 0.5) is 13.2 Å². The van der Waals surface area contributed by atoms with Gasteiger partial charge in [0.05, 0.1) is 12.7 Å². The second-order valence-electron chi connectivity index (χ2n) is 14.3. The van der Waals surface area contributed by atoms with Crippen molar-refractivity contribution < 1.29 is 23.1 Å². The van der Waals surface area contributed by atoms with E-state index in [1.165, 1.54) is 27.1 Å². The molecule has 50 heavy (non-hydrogen) atoms. The molecule has 2 aliphatic carbocycles. The Hall–Kier alpha value is -4.28. The van der Waals surface area contributed by atoms with Crippen LogP contribution >= 0.6 is 0 Å². The minimum Gasteiger partial charge on any atom is -0.380 e. The van der Waals surface area contributed by atoms with Crippen LogP contribution in [0.3, 0.4) is 0 Å². The molecule has 1 N–H and O–H groups in total. The molecule has 17 heteroatoms. The van der Waals surface area contributed by atoms with Crippen molar-refractivity contribution in [3.63, 3.8) is 0 Å². The summed E-state index contributed by atoms with van der Waals surface area (Å²) in [5.41, 5.74) is -2.87. The van der Waals surface area contributed by atoms with Crippen molar-refractivity contribution >= 4 is 28.1 Å². The third-order valence-electron chi connectivity index (χ3n) is 10.2. The number of hydrogen-bond acceptors (Lipinski definition) is 8. The lowest BCUT2D eigenvalue weighted by Crippen LogP contribution is -2.49. The Morgan fingerprint density at radius 3 is 1.48 bits per heavy atom. The largest absolute Gasteiger partial charge is 0.417 e. The number of alkyl halides is 3. The number of aryl methyl sites for hydroxylation is 2. The standard InChI is InChI=1S/C17H23F3N4O3.C16H22N4O3/c1-10(2)24-9-21-13-12(24)14(25)23(15(26)22(13)3)8-11-4-6-16(27,7-5-11)17(18,19)20;1-10(2)20-9-17-14-13(20)15(22)19(16(23)18(14)3)8-11-4-6-12(21)7-5-11/h9-11,27H,4-8H2,1-3H3;9-11H,4-8H2,1-3H3. The van der Waals surface area contributed by atoms with Gasteiger partial charge in [0.2, 0.25) is 0 Å². The first-order valence-corrected chi connectivity index (χ1v) is 17.0. The van der Waals surface area contributed by atoms with Gasteiger partial charge in [-0.05, 0) is 78.1 Å². The molecule has 0 spiro atoms. The summed E-state index contributed by atoms with van der Waals surface area (Å²) < 4.78 is 47.4. The lowest BCUT2D eigenvalue weighted by Gasteiger charge is -2.37. The molecule has 0 aromatic carbocycles. The van der Waals surface area contributed by atoms with E-state index >= 15 is 0 Å². The molecule has 6 rings (SSSR count). The SMILES string of the molecule is CC(C)n1cnc2c1c(=O)n(CC1CCC(=O)CC1)c(=O)n2C.CC(C)n1cnc2c1c(=O)n(CC1CCC(O)(C(F)(F)F)CC1)c(=O)n2C. The first-order chi connectivity index (χ1) is 23.4. The first-order valence-electron chi connectivity index (χ1n) is 17.0. The predicted molar refractivity (Wildman–Crippen MR) is 179 cm³/mol. The highest BCUT2D eigenvalue weighted by Crippen LogP contribution is 2.43. The fourth-order valence-corrected chi connectivity index (χ4v) is 7.00. The molecule has 2 aliphatic rings. The van der Waals surface area contributed by atoms with Crippen LogP contribution in [0.25, 0.3) is 22.3 Å². The van der Waals surface area contributed by atoms with Gasteiger partial charge in [0, 0.05) is 52.1 Å². The van der Waals surface area contributed by atoms with Crippen LogP contribution in [-0.4, -0.2) is 60.0 Å². The number of ketones is 1. The van der Waals surface area contributed by atoms with E-state index in [1.807, 2.05) is 27.7 Å². The van der Waals surface area contributed by atoms with E-state index in [4.69, 9.17) is 0 Å². The number of rotatable bonds is 6. The van der Waals surface area contributed by atoms with E-state index < -0.39 is 35.9 Å². The smallest absolute Gasteiger partial charge is 0.380 e. The van der Waals surface area contributed by atoms with Gasteiger partial charge in [-0.2, -0.15) is 13.2 Å². The van der Waals surface area contributed by atoms with E-state index in [2.05, 4.69) is 9.97 Å². The molecular formula is C33H45F3N8O6. The molecule has 4 aromatic rings. The van der Waals surface area contributed by atoms with Crippen LogP contribution in [0.15, 0.2) is 31.8 Å². The second kappa shape index (κ2) is 13.8. The Morgan fingerprint density at radius 2 is 1.12 bits per heavy atom. The number of carbonyl (C=O) groups is 1. The van der Waals surface area contributed by atoms with E-state index in [0.717, 1.165) is 17.4 Å². The van der Waals surface area contributed by atoms with Crippen molar-refractivity contribution in [2.75, 3.05) is 0 Å². The summed E-state index contributed by atoms with van der Waals surface area (Å²) in [7, 11) is 3.16. The van der Waals surface area contributed by atoms with Gasteiger partial charge in [0.25, 0.3) is 11.1 Å². The Bertz CT molecular complexity index is 2130. The van der Waals surface area contributed by atoms with Crippen molar-refractivity contribution in [1.29, 1.82) is 0 Å². The van der Waals surface area contributed by atoms with E-state index in [0.29, 0.717) is 36.1 Å². The number of carbonyl (C=O) groups excluding carboxylic acids is 1. The molecule has 0 saturated heterocycles. The third-order valence-corrected chi connectivity index (χ3v) is 10.2. The normalized spacial score (nSPS) is 20.6. The summed E-state index contributed by atoms with van der Waals surface area (Å²) in [5, 5.41) is 9.78. The molecule has 274 valence electrons. The van der Waals surface area contributed by atoms with Gasteiger partial charge in [0.1, 0.15) is 5.78 Å². The van der Waals surface area contributed by atoms with E-state index in [1.54, 1.807) is 22.5 Å². The summed E-state index contributed by atoms with van der Waals surface area (Å²) in [6.45, 7) is 8.12. The first kappa shape index (κ1) is 37.0. The van der Waals surface area contributed by atoms with Gasteiger partial charge in [-0.25, -0.2) is 19.6 Å². The maximum atomic E-state index is 13.0. The summed E-state index contributed by atoms with van der Waals surface area (Å²) in [6.07, 6.45) is 0.354. The zero-order valence-electron chi connectivity index (χ0n) is 29.2. The van der Waals surface area contributed by atoms with Gasteiger partial charge in [-0.1, -0.05) is 0 Å². The van der Waals surface area contributed by atoms with Gasteiger partial charge < -0.3 is 14.2 Å². The van der Waals surface area contributed by atoms with Crippen molar-refractivity contribution in [2.45, 2.75) is 116 Å². The Kier molecular flexibility index (Phi) is 10.2. The number of fused-ring (bicyclic) bond motifs is 2. The number of nitrogens with zero attached hydrogens (tertiary/aromatic N) is 8. The molecule has 2 saturated carbocycles. The van der Waals surface area contributed by atoms with Gasteiger partial charge in [0.15, 0.2) is 27.9 Å². The topological polar surface area (TPSA) is 161 Å². The number of Topliss-reactive ketones (excluding diaryl/α,β-unsaturated/α-hetero) is 1. The molecule has 2 fully saturated rings. The summed E-state index contributed by atoms with van der Waals surface area (Å²) in [4.78, 5) is 70.6. The van der Waals surface area contributed by atoms with Gasteiger partial charge in [-0.15, -0.1) is 0 Å². The van der Waals surface area contributed by atoms with Crippen LogP contribution in [0.1, 0.15) is 91.1 Å². The molecule has 0 bridgehead atoms. The maximum absolute atomic E-state index is 13.0. The lowest BCUT2D eigenvalue weighted by atomic mass is 9.78. The van der Waals surface area contributed by atoms with Crippen molar-refractivity contribution in [3.05, 3.63) is 54.3 Å². The van der Waals surface area contributed by atoms with Crippen molar-refractivity contribution in [1.82, 2.24) is 37.4 Å². The average Bonchev–Trinajstić information content (AvgIpc) is 3.71. The quantitative estimate of drug-likeness (QED) is 0.320. The third kappa shape index (κ3) is 6.75. The van der Waals surface area contributed by atoms with Gasteiger partial charge >= 0.3 is 17.6 Å². The number of halogens is 3. The molecular weight excluding hydrogens is 661 g/mol. The second-order valence-corrected chi connectivity index (χ2v) is 14.3. The molecule has 0 amide bonds. The van der Waals surface area contributed by atoms with Crippen LogP contribution in [0.5, 0.6) is 0 Å².